The Balaban J connectivity index is 5.01. The van der Waals surface area contributed by atoms with Crippen molar-refractivity contribution in [1.29, 1.82) is 0 Å². The van der Waals surface area contributed by atoms with Crippen molar-refractivity contribution in [1.82, 2.24) is 0 Å². The zero-order valence-corrected chi connectivity index (χ0v) is 12.9. The van der Waals surface area contributed by atoms with Crippen molar-refractivity contribution in [2.75, 3.05) is 6.61 Å². The van der Waals surface area contributed by atoms with E-state index in [1.807, 2.05) is 13.8 Å². The normalized spacial score (nSPS) is 22.6. The molecule has 0 spiro atoms. The van der Waals surface area contributed by atoms with Gasteiger partial charge >= 0.3 is 0 Å². The van der Waals surface area contributed by atoms with Gasteiger partial charge in [-0.2, -0.15) is 0 Å². The molecule has 104 valence electrons. The molecule has 17 heavy (non-hydrogen) atoms. The van der Waals surface area contributed by atoms with Crippen LogP contribution in [0.15, 0.2) is 0 Å². The Labute approximate surface area is 108 Å². The predicted molar refractivity (Wildman–Crippen MR) is 74.3 cm³/mol. The Bertz CT molecular complexity index is 225. The molecule has 1 N–H and O–H groups in total. The van der Waals surface area contributed by atoms with Crippen molar-refractivity contribution < 1.29 is 9.84 Å². The number of aliphatic hydroxyl groups is 1. The highest BCUT2D eigenvalue weighted by Crippen LogP contribution is 2.45. The van der Waals surface area contributed by atoms with Gasteiger partial charge in [-0.05, 0) is 51.9 Å². The van der Waals surface area contributed by atoms with Gasteiger partial charge in [-0.3, -0.25) is 0 Å². The van der Waals surface area contributed by atoms with Crippen LogP contribution in [-0.2, 0) is 4.74 Å². The largest absolute Gasteiger partial charge is 0.390 e. The molecule has 0 rings (SSSR count). The second-order valence-corrected chi connectivity index (χ2v) is 5.95. The molecule has 0 saturated heterocycles. The van der Waals surface area contributed by atoms with Gasteiger partial charge in [-0.25, -0.2) is 0 Å². The van der Waals surface area contributed by atoms with Gasteiger partial charge in [0.15, 0.2) is 0 Å². The summed E-state index contributed by atoms with van der Waals surface area (Å²) < 4.78 is 5.90. The summed E-state index contributed by atoms with van der Waals surface area (Å²) in [4.78, 5) is 0. The molecule has 0 aliphatic carbocycles. The standard InChI is InChI=1S/C15H32O2/c1-8-13(5,15(7,16)10-3)12-14(6,9-2)17-11-4/h16H,8-12H2,1-7H3. The molecule has 0 aliphatic rings. The average Bonchev–Trinajstić information content (AvgIpc) is 2.28. The van der Waals surface area contributed by atoms with Crippen LogP contribution in [0, 0.1) is 5.41 Å². The van der Waals surface area contributed by atoms with Gasteiger partial charge in [-0.15, -0.1) is 0 Å². The molecule has 3 unspecified atom stereocenters. The summed E-state index contributed by atoms with van der Waals surface area (Å²) in [6.07, 6.45) is 3.64. The van der Waals surface area contributed by atoms with Crippen LogP contribution in [0.25, 0.3) is 0 Å². The summed E-state index contributed by atoms with van der Waals surface area (Å²) in [5, 5.41) is 10.6. The fourth-order valence-electron chi connectivity index (χ4n) is 2.57. The first-order valence-electron chi connectivity index (χ1n) is 7.06. The molecule has 0 saturated carbocycles. The number of rotatable bonds is 8. The Hall–Kier alpha value is -0.0800. The van der Waals surface area contributed by atoms with E-state index in [9.17, 15) is 5.11 Å². The highest BCUT2D eigenvalue weighted by Gasteiger charge is 2.44. The molecule has 0 aromatic rings. The van der Waals surface area contributed by atoms with Crippen molar-refractivity contribution in [2.45, 2.75) is 85.4 Å². The van der Waals surface area contributed by atoms with Gasteiger partial charge in [0.2, 0.25) is 0 Å². The van der Waals surface area contributed by atoms with Crippen LogP contribution in [0.2, 0.25) is 0 Å². The molecule has 3 atom stereocenters. The van der Waals surface area contributed by atoms with Gasteiger partial charge in [0, 0.05) is 6.61 Å². The summed E-state index contributed by atoms with van der Waals surface area (Å²) in [6.45, 7) is 15.4. The highest BCUT2D eigenvalue weighted by molar-refractivity contribution is 4.96. The van der Waals surface area contributed by atoms with Crippen LogP contribution in [0.4, 0.5) is 0 Å². The minimum Gasteiger partial charge on any atom is -0.390 e. The second-order valence-electron chi connectivity index (χ2n) is 5.95. The van der Waals surface area contributed by atoms with Gasteiger partial charge in [0.05, 0.1) is 11.2 Å². The molecule has 0 bridgehead atoms. The lowest BCUT2D eigenvalue weighted by atomic mass is 9.65. The zero-order valence-electron chi connectivity index (χ0n) is 12.9. The summed E-state index contributed by atoms with van der Waals surface area (Å²) in [7, 11) is 0. The molecule has 0 aliphatic heterocycles. The lowest BCUT2D eigenvalue weighted by molar-refractivity contribution is -0.127. The molecule has 0 aromatic carbocycles. The summed E-state index contributed by atoms with van der Waals surface area (Å²) >= 11 is 0. The Kier molecular flexibility index (Phi) is 6.16. The molecule has 2 nitrogen and oxygen atoms in total. The molecule has 0 amide bonds. The summed E-state index contributed by atoms with van der Waals surface area (Å²) in [6, 6.07) is 0. The maximum atomic E-state index is 10.6. The Morgan fingerprint density at radius 2 is 1.41 bits per heavy atom. The summed E-state index contributed by atoms with van der Waals surface area (Å²) in [5.74, 6) is 0. The van der Waals surface area contributed by atoms with Crippen LogP contribution >= 0.6 is 0 Å². The molecule has 2 heteroatoms. The number of ether oxygens (including phenoxy) is 1. The maximum Gasteiger partial charge on any atom is 0.0671 e. The first-order chi connectivity index (χ1) is 7.70. The third kappa shape index (κ3) is 3.96. The van der Waals surface area contributed by atoms with Gasteiger partial charge in [0.1, 0.15) is 0 Å². The monoisotopic (exact) mass is 244 g/mol. The van der Waals surface area contributed by atoms with Crippen molar-refractivity contribution in [3.63, 3.8) is 0 Å². The highest BCUT2D eigenvalue weighted by atomic mass is 16.5. The average molecular weight is 244 g/mol. The van der Waals surface area contributed by atoms with Crippen molar-refractivity contribution in [3.8, 4) is 0 Å². The minimum absolute atomic E-state index is 0.0956. The fraction of sp³-hybridized carbons (Fsp3) is 1.00. The first kappa shape index (κ1) is 16.9. The van der Waals surface area contributed by atoms with E-state index in [1.165, 1.54) is 0 Å². The first-order valence-corrected chi connectivity index (χ1v) is 7.06. The lowest BCUT2D eigenvalue weighted by Gasteiger charge is -2.47. The Morgan fingerprint density at radius 3 is 1.71 bits per heavy atom. The van der Waals surface area contributed by atoms with Crippen LogP contribution in [0.3, 0.4) is 0 Å². The third-order valence-corrected chi connectivity index (χ3v) is 4.77. The van der Waals surface area contributed by atoms with E-state index in [4.69, 9.17) is 4.74 Å². The topological polar surface area (TPSA) is 29.5 Å². The predicted octanol–water partition coefficient (Wildman–Crippen LogP) is 4.16. The second kappa shape index (κ2) is 6.19. The lowest BCUT2D eigenvalue weighted by Crippen LogP contribution is -2.48. The molecular weight excluding hydrogens is 212 g/mol. The van der Waals surface area contributed by atoms with Crippen molar-refractivity contribution in [3.05, 3.63) is 0 Å². The van der Waals surface area contributed by atoms with Gasteiger partial charge in [-0.1, -0.05) is 27.7 Å². The van der Waals surface area contributed by atoms with Gasteiger partial charge in [0.25, 0.3) is 0 Å². The van der Waals surface area contributed by atoms with E-state index in [-0.39, 0.29) is 11.0 Å². The molecule has 0 aromatic heterocycles. The van der Waals surface area contributed by atoms with E-state index in [2.05, 4.69) is 34.6 Å². The maximum absolute atomic E-state index is 10.6. The van der Waals surface area contributed by atoms with Gasteiger partial charge < -0.3 is 9.84 Å². The molecule has 0 heterocycles. The van der Waals surface area contributed by atoms with Crippen LogP contribution < -0.4 is 0 Å². The molecular formula is C15H32O2. The van der Waals surface area contributed by atoms with E-state index >= 15 is 0 Å². The van der Waals surface area contributed by atoms with Crippen LogP contribution in [0.5, 0.6) is 0 Å². The minimum atomic E-state index is -0.630. The number of hydrogen-bond donors (Lipinski definition) is 1. The summed E-state index contributed by atoms with van der Waals surface area (Å²) in [5.41, 5.74) is -0.852. The quantitative estimate of drug-likeness (QED) is 0.694. The molecule has 0 radical (unpaired) electrons. The van der Waals surface area contributed by atoms with Crippen molar-refractivity contribution >= 4 is 0 Å². The third-order valence-electron chi connectivity index (χ3n) is 4.77. The van der Waals surface area contributed by atoms with E-state index < -0.39 is 5.60 Å². The van der Waals surface area contributed by atoms with E-state index in [1.54, 1.807) is 0 Å². The smallest absolute Gasteiger partial charge is 0.0671 e. The fourth-order valence-corrected chi connectivity index (χ4v) is 2.57. The van der Waals surface area contributed by atoms with Crippen LogP contribution in [0.1, 0.15) is 74.1 Å². The molecule has 0 fully saturated rings. The van der Waals surface area contributed by atoms with Crippen molar-refractivity contribution in [2.24, 2.45) is 5.41 Å². The van der Waals surface area contributed by atoms with E-state index in [0.29, 0.717) is 0 Å². The SMILES string of the molecule is CCOC(C)(CC)CC(C)(CC)C(C)(O)CC. The Morgan fingerprint density at radius 1 is 0.882 bits per heavy atom. The number of hydrogen-bond acceptors (Lipinski definition) is 2. The zero-order chi connectivity index (χ0) is 13.7. The van der Waals surface area contributed by atoms with Crippen LogP contribution in [-0.4, -0.2) is 22.9 Å². The van der Waals surface area contributed by atoms with E-state index in [0.717, 1.165) is 32.3 Å².